The van der Waals surface area contributed by atoms with E-state index in [1.165, 1.54) is 11.8 Å². The molecule has 2 heterocycles. The number of hydrogen-bond donors (Lipinski definition) is 1. The number of aliphatic hydroxyl groups is 1. The molecule has 1 saturated heterocycles. The zero-order chi connectivity index (χ0) is 29.7. The van der Waals surface area contributed by atoms with Crippen molar-refractivity contribution in [3.63, 3.8) is 0 Å². The van der Waals surface area contributed by atoms with Crippen molar-refractivity contribution in [2.45, 2.75) is 53.5 Å². The number of benzene rings is 2. The highest BCUT2D eigenvalue weighted by atomic mass is 32.1. The number of carbonyl (C=O) groups is 3. The van der Waals surface area contributed by atoms with Crippen molar-refractivity contribution in [1.29, 1.82) is 0 Å². The Kier molecular flexibility index (Phi) is 9.44. The molecule has 216 valence electrons. The molecule has 1 fully saturated rings. The second-order valence-corrected chi connectivity index (χ2v) is 10.5. The minimum Gasteiger partial charge on any atom is -0.507 e. The van der Waals surface area contributed by atoms with Gasteiger partial charge in [0.05, 0.1) is 42.0 Å². The molecule has 1 N–H and O–H groups in total. The van der Waals surface area contributed by atoms with Crippen molar-refractivity contribution >= 4 is 39.7 Å². The lowest BCUT2D eigenvalue weighted by Crippen LogP contribution is -2.29. The third kappa shape index (κ3) is 6.12. The van der Waals surface area contributed by atoms with E-state index in [9.17, 15) is 19.5 Å². The van der Waals surface area contributed by atoms with E-state index in [1.54, 1.807) is 49.4 Å². The van der Waals surface area contributed by atoms with Gasteiger partial charge in [0.25, 0.3) is 5.78 Å². The number of anilines is 1. The van der Waals surface area contributed by atoms with Gasteiger partial charge in [-0.1, -0.05) is 31.3 Å². The third-order valence-corrected chi connectivity index (χ3v) is 7.66. The van der Waals surface area contributed by atoms with Gasteiger partial charge in [-0.3, -0.25) is 19.3 Å². The first-order valence-electron chi connectivity index (χ1n) is 13.6. The van der Waals surface area contributed by atoms with Crippen molar-refractivity contribution in [2.24, 2.45) is 0 Å². The predicted molar refractivity (Wildman–Crippen MR) is 157 cm³/mol. The van der Waals surface area contributed by atoms with E-state index in [4.69, 9.17) is 14.2 Å². The number of hydrogen-bond acceptors (Lipinski definition) is 9. The number of carbonyl (C=O) groups excluding carboxylic acids is 3. The summed E-state index contributed by atoms with van der Waals surface area (Å²) in [5.41, 5.74) is 1.22. The first-order valence-corrected chi connectivity index (χ1v) is 14.4. The number of aryl methyl sites for hydroxylation is 1. The van der Waals surface area contributed by atoms with E-state index in [-0.39, 0.29) is 22.2 Å². The third-order valence-electron chi connectivity index (χ3n) is 6.40. The van der Waals surface area contributed by atoms with Gasteiger partial charge < -0.3 is 19.3 Å². The molecule has 1 unspecified atom stereocenters. The van der Waals surface area contributed by atoms with Gasteiger partial charge in [0.15, 0.2) is 22.4 Å². The number of thiazole rings is 1. The van der Waals surface area contributed by atoms with E-state index >= 15 is 0 Å². The van der Waals surface area contributed by atoms with Crippen LogP contribution in [0.15, 0.2) is 48.0 Å². The van der Waals surface area contributed by atoms with Gasteiger partial charge >= 0.3 is 5.91 Å². The molecule has 10 heteroatoms. The standard InChI is InChI=1S/C31H34N2O7S/c1-6-15-39-22-12-9-20(10-13-22)27(35)25-26(21-11-14-23(40-16-7-2)24(17-21)38-8-3)33(30(37)28(25)36)31-32-18(4)29(41-31)19(5)34/h9-14,17,26,35H,6-8,15-16H2,1-5H3/b27-25+. The maximum Gasteiger partial charge on any atom is 0.301 e. The summed E-state index contributed by atoms with van der Waals surface area (Å²) in [7, 11) is 0. The normalized spacial score (nSPS) is 16.2. The van der Waals surface area contributed by atoms with Gasteiger partial charge in [0.1, 0.15) is 11.5 Å². The molecule has 1 amide bonds. The first-order chi connectivity index (χ1) is 19.7. The second kappa shape index (κ2) is 13.0. The van der Waals surface area contributed by atoms with E-state index in [0.29, 0.717) is 58.8 Å². The van der Waals surface area contributed by atoms with Gasteiger partial charge in [0.2, 0.25) is 0 Å². The fourth-order valence-electron chi connectivity index (χ4n) is 4.54. The number of aromatic nitrogens is 1. The zero-order valence-electron chi connectivity index (χ0n) is 23.9. The molecule has 0 radical (unpaired) electrons. The summed E-state index contributed by atoms with van der Waals surface area (Å²) < 4.78 is 17.3. The molecule has 1 aromatic heterocycles. The average molecular weight is 579 g/mol. The van der Waals surface area contributed by atoms with Crippen molar-refractivity contribution in [3.05, 3.63) is 69.7 Å². The van der Waals surface area contributed by atoms with Gasteiger partial charge in [-0.05, 0) is 68.7 Å². The highest BCUT2D eigenvalue weighted by Gasteiger charge is 2.48. The van der Waals surface area contributed by atoms with Crippen LogP contribution in [-0.4, -0.2) is 47.4 Å². The van der Waals surface area contributed by atoms with Gasteiger partial charge in [-0.2, -0.15) is 0 Å². The van der Waals surface area contributed by atoms with Crippen LogP contribution in [0.25, 0.3) is 5.76 Å². The Bertz CT molecular complexity index is 1480. The minimum atomic E-state index is -1.03. The number of nitrogens with zero attached hydrogens (tertiary/aromatic N) is 2. The van der Waals surface area contributed by atoms with Crippen molar-refractivity contribution < 1.29 is 33.7 Å². The summed E-state index contributed by atoms with van der Waals surface area (Å²) >= 11 is 1.03. The van der Waals surface area contributed by atoms with Crippen LogP contribution in [0, 0.1) is 6.92 Å². The number of Topliss-reactive ketones (excluding diaryl/α,β-unsaturated/α-hetero) is 2. The zero-order valence-corrected chi connectivity index (χ0v) is 24.7. The Labute approximate surface area is 243 Å². The summed E-state index contributed by atoms with van der Waals surface area (Å²) in [5.74, 6) is -0.641. The number of ether oxygens (including phenoxy) is 3. The molecule has 4 rings (SSSR count). The topological polar surface area (TPSA) is 115 Å². The molecular formula is C31H34N2O7S. The van der Waals surface area contributed by atoms with Crippen LogP contribution in [0.3, 0.4) is 0 Å². The first kappa shape index (κ1) is 29.8. The molecule has 1 aliphatic rings. The summed E-state index contributed by atoms with van der Waals surface area (Å²) in [6, 6.07) is 10.8. The number of amides is 1. The fraction of sp³-hybridized carbons (Fsp3) is 0.355. The highest BCUT2D eigenvalue weighted by Crippen LogP contribution is 2.45. The van der Waals surface area contributed by atoms with Crippen LogP contribution < -0.4 is 19.1 Å². The summed E-state index contributed by atoms with van der Waals surface area (Å²) in [5, 5.41) is 11.7. The summed E-state index contributed by atoms with van der Waals surface area (Å²) in [4.78, 5) is 45.4. The van der Waals surface area contributed by atoms with Gasteiger partial charge in [-0.15, -0.1) is 0 Å². The predicted octanol–water partition coefficient (Wildman–Crippen LogP) is 6.26. The molecule has 0 bridgehead atoms. The molecule has 9 nitrogen and oxygen atoms in total. The Balaban J connectivity index is 1.89. The van der Waals surface area contributed by atoms with E-state index in [1.807, 2.05) is 20.8 Å². The smallest absolute Gasteiger partial charge is 0.301 e. The van der Waals surface area contributed by atoms with Crippen LogP contribution in [-0.2, 0) is 9.59 Å². The molecule has 1 aliphatic heterocycles. The molecule has 0 saturated carbocycles. The lowest BCUT2D eigenvalue weighted by Gasteiger charge is -2.24. The van der Waals surface area contributed by atoms with Gasteiger partial charge in [-0.25, -0.2) is 4.98 Å². The lowest BCUT2D eigenvalue weighted by molar-refractivity contribution is -0.132. The van der Waals surface area contributed by atoms with E-state index in [2.05, 4.69) is 4.98 Å². The SMILES string of the molecule is CCCOc1ccc(/C(O)=C2\C(=O)C(=O)N(c3nc(C)c(C(C)=O)s3)C2c2ccc(OCCC)c(OCC)c2)cc1. The number of rotatable bonds is 12. The van der Waals surface area contributed by atoms with Crippen molar-refractivity contribution in [2.75, 3.05) is 24.7 Å². The van der Waals surface area contributed by atoms with Crippen LogP contribution in [0.2, 0.25) is 0 Å². The average Bonchev–Trinajstić information content (AvgIpc) is 3.47. The van der Waals surface area contributed by atoms with Crippen LogP contribution >= 0.6 is 11.3 Å². The van der Waals surface area contributed by atoms with E-state index in [0.717, 1.165) is 24.2 Å². The van der Waals surface area contributed by atoms with Crippen molar-refractivity contribution in [3.8, 4) is 17.2 Å². The van der Waals surface area contributed by atoms with E-state index < -0.39 is 17.7 Å². The Morgan fingerprint density at radius 1 is 0.976 bits per heavy atom. The monoisotopic (exact) mass is 578 g/mol. The molecule has 0 aliphatic carbocycles. The molecule has 2 aromatic carbocycles. The minimum absolute atomic E-state index is 0.0980. The van der Waals surface area contributed by atoms with Crippen LogP contribution in [0.4, 0.5) is 5.13 Å². The highest BCUT2D eigenvalue weighted by molar-refractivity contribution is 7.18. The van der Waals surface area contributed by atoms with Gasteiger partial charge in [0, 0.05) is 12.5 Å². The number of ketones is 2. The Morgan fingerprint density at radius 2 is 1.66 bits per heavy atom. The summed E-state index contributed by atoms with van der Waals surface area (Å²) in [6.45, 7) is 10.3. The summed E-state index contributed by atoms with van der Waals surface area (Å²) in [6.07, 6.45) is 1.65. The molecular weight excluding hydrogens is 544 g/mol. The molecule has 3 aromatic rings. The quantitative estimate of drug-likeness (QED) is 0.116. The lowest BCUT2D eigenvalue weighted by atomic mass is 9.95. The largest absolute Gasteiger partial charge is 0.507 e. The molecule has 41 heavy (non-hydrogen) atoms. The van der Waals surface area contributed by atoms with Crippen LogP contribution in [0.5, 0.6) is 17.2 Å². The molecule has 0 spiro atoms. The maximum atomic E-state index is 13.6. The number of aliphatic hydroxyl groups excluding tert-OH is 1. The van der Waals surface area contributed by atoms with Crippen molar-refractivity contribution in [1.82, 2.24) is 4.98 Å². The Morgan fingerprint density at radius 3 is 2.27 bits per heavy atom. The fourth-order valence-corrected chi connectivity index (χ4v) is 5.52. The Hall–Kier alpha value is -4.18. The maximum absolute atomic E-state index is 13.6. The molecule has 1 atom stereocenters. The second-order valence-electron chi connectivity index (χ2n) is 9.50. The van der Waals surface area contributed by atoms with Crippen LogP contribution in [0.1, 0.15) is 73.1 Å².